The maximum absolute atomic E-state index is 12.3. The Labute approximate surface area is 126 Å². The van der Waals surface area contributed by atoms with Gasteiger partial charge in [0.25, 0.3) is 0 Å². The zero-order valence-corrected chi connectivity index (χ0v) is 12.6. The van der Waals surface area contributed by atoms with E-state index in [9.17, 15) is 9.90 Å². The third-order valence-corrected chi connectivity index (χ3v) is 6.40. The average Bonchev–Trinajstić information content (AvgIpc) is 2.45. The third kappa shape index (κ3) is 2.20. The molecule has 3 atom stereocenters. The Bertz CT molecular complexity index is 577. The van der Waals surface area contributed by atoms with E-state index >= 15 is 0 Å². The quantitative estimate of drug-likeness (QED) is 0.769. The van der Waals surface area contributed by atoms with Gasteiger partial charge in [-0.1, -0.05) is 6.07 Å². The van der Waals surface area contributed by atoms with E-state index in [1.165, 1.54) is 36.8 Å². The molecule has 0 saturated heterocycles. The molecule has 2 fully saturated rings. The minimum absolute atomic E-state index is 0.00975. The van der Waals surface area contributed by atoms with Crippen LogP contribution in [0, 0.1) is 11.3 Å². The Morgan fingerprint density at radius 2 is 1.95 bits per heavy atom. The molecular weight excluding hydrogens is 260 g/mol. The number of aryl methyl sites for hydroxylation is 1. The third-order valence-electron chi connectivity index (χ3n) is 6.40. The van der Waals surface area contributed by atoms with Crippen molar-refractivity contribution >= 4 is 5.78 Å². The minimum Gasteiger partial charge on any atom is -0.508 e. The maximum atomic E-state index is 12.3. The summed E-state index contributed by atoms with van der Waals surface area (Å²) in [5.41, 5.74) is 2.75. The second-order valence-electron chi connectivity index (χ2n) is 7.51. The lowest BCUT2D eigenvalue weighted by atomic mass is 9.57. The number of carbonyl (C=O) groups excluding carboxylic acids is 1. The molecule has 0 heterocycles. The molecule has 1 aromatic rings. The summed E-state index contributed by atoms with van der Waals surface area (Å²) in [5.74, 6) is 2.20. The highest BCUT2D eigenvalue weighted by Gasteiger charge is 2.48. The summed E-state index contributed by atoms with van der Waals surface area (Å²) in [6.07, 6.45) is 10.2. The van der Waals surface area contributed by atoms with Crippen LogP contribution in [0.2, 0.25) is 0 Å². The summed E-state index contributed by atoms with van der Waals surface area (Å²) in [6, 6.07) is 5.90. The molecule has 0 aromatic heterocycles. The largest absolute Gasteiger partial charge is 0.508 e. The molecule has 1 spiro atoms. The first kappa shape index (κ1) is 13.4. The fourth-order valence-corrected chi connectivity index (χ4v) is 4.92. The molecule has 112 valence electrons. The molecule has 2 heteroatoms. The summed E-state index contributed by atoms with van der Waals surface area (Å²) < 4.78 is 0. The van der Waals surface area contributed by atoms with Crippen LogP contribution in [0.3, 0.4) is 0 Å². The number of rotatable bonds is 0. The lowest BCUT2D eigenvalue weighted by Gasteiger charge is -2.46. The number of carbonyl (C=O) groups is 1. The van der Waals surface area contributed by atoms with E-state index in [0.29, 0.717) is 17.5 Å². The Balaban J connectivity index is 1.74. The number of Topliss-reactive ketones (excluding diaryl/α,β-unsaturated/α-hetero) is 1. The van der Waals surface area contributed by atoms with Crippen molar-refractivity contribution < 1.29 is 9.90 Å². The summed E-state index contributed by atoms with van der Waals surface area (Å²) >= 11 is 0. The van der Waals surface area contributed by atoms with Crippen molar-refractivity contribution in [2.75, 3.05) is 0 Å². The van der Waals surface area contributed by atoms with Gasteiger partial charge in [0.15, 0.2) is 0 Å². The monoisotopic (exact) mass is 284 g/mol. The van der Waals surface area contributed by atoms with E-state index in [1.54, 1.807) is 0 Å². The van der Waals surface area contributed by atoms with Gasteiger partial charge in [0.05, 0.1) is 0 Å². The van der Waals surface area contributed by atoms with Gasteiger partial charge in [-0.25, -0.2) is 0 Å². The molecule has 0 aliphatic heterocycles. The highest BCUT2D eigenvalue weighted by Crippen LogP contribution is 2.53. The van der Waals surface area contributed by atoms with Crippen LogP contribution in [-0.2, 0) is 11.2 Å². The van der Waals surface area contributed by atoms with Crippen molar-refractivity contribution in [3.05, 3.63) is 29.3 Å². The van der Waals surface area contributed by atoms with Crippen molar-refractivity contribution in [2.45, 2.75) is 63.7 Å². The highest BCUT2D eigenvalue weighted by molar-refractivity contribution is 5.90. The standard InChI is InChI=1S/C19H24O2/c20-16-5-6-17-14(11-16)3-1-13-2-4-15(17)12-19(9-7-13)10-8-18(19)21/h5-6,11,13,15,20H,1-4,7-10,12H2/t13-,15+,19+/m0/s1. The molecule has 0 amide bonds. The van der Waals surface area contributed by atoms with E-state index in [0.717, 1.165) is 38.0 Å². The molecular formula is C19H24O2. The van der Waals surface area contributed by atoms with Gasteiger partial charge in [0.1, 0.15) is 11.5 Å². The van der Waals surface area contributed by atoms with Crippen molar-refractivity contribution in [3.8, 4) is 5.75 Å². The SMILES string of the molecule is O=C1CC[C@@]12CC[C@H]1CCc3cc(O)ccc3[C@H](CC1)C2. The molecule has 1 N–H and O–H groups in total. The highest BCUT2D eigenvalue weighted by atomic mass is 16.3. The number of phenolic OH excluding ortho intramolecular Hbond substituents is 1. The number of ketones is 1. The number of aromatic hydroxyl groups is 1. The fourth-order valence-electron chi connectivity index (χ4n) is 4.92. The summed E-state index contributed by atoms with van der Waals surface area (Å²) in [7, 11) is 0. The first-order chi connectivity index (χ1) is 10.2. The van der Waals surface area contributed by atoms with Crippen LogP contribution in [-0.4, -0.2) is 10.9 Å². The number of fused-ring (bicyclic) bond motifs is 5. The van der Waals surface area contributed by atoms with Crippen LogP contribution in [0.4, 0.5) is 0 Å². The van der Waals surface area contributed by atoms with E-state index in [1.807, 2.05) is 12.1 Å². The molecule has 0 radical (unpaired) electrons. The molecule has 21 heavy (non-hydrogen) atoms. The summed E-state index contributed by atoms with van der Waals surface area (Å²) in [6.45, 7) is 0. The van der Waals surface area contributed by atoms with Gasteiger partial charge in [-0.15, -0.1) is 0 Å². The maximum Gasteiger partial charge on any atom is 0.139 e. The molecule has 0 unspecified atom stereocenters. The summed E-state index contributed by atoms with van der Waals surface area (Å²) in [4.78, 5) is 12.3. The first-order valence-electron chi connectivity index (χ1n) is 8.51. The van der Waals surface area contributed by atoms with Crippen molar-refractivity contribution in [2.24, 2.45) is 11.3 Å². The average molecular weight is 284 g/mol. The second kappa shape index (κ2) is 4.86. The Morgan fingerprint density at radius 3 is 2.71 bits per heavy atom. The fraction of sp³-hybridized carbons (Fsp3) is 0.632. The topological polar surface area (TPSA) is 37.3 Å². The first-order valence-corrected chi connectivity index (χ1v) is 8.51. The Kier molecular flexibility index (Phi) is 3.09. The van der Waals surface area contributed by atoms with E-state index in [-0.39, 0.29) is 5.41 Å². The second-order valence-corrected chi connectivity index (χ2v) is 7.51. The smallest absolute Gasteiger partial charge is 0.139 e. The lowest BCUT2D eigenvalue weighted by Crippen LogP contribution is -2.43. The van der Waals surface area contributed by atoms with Gasteiger partial charge < -0.3 is 5.11 Å². The van der Waals surface area contributed by atoms with E-state index in [4.69, 9.17) is 0 Å². The van der Waals surface area contributed by atoms with Crippen LogP contribution in [0.25, 0.3) is 0 Å². The van der Waals surface area contributed by atoms with Crippen LogP contribution in [0.1, 0.15) is 68.4 Å². The number of benzene rings is 1. The zero-order chi connectivity index (χ0) is 14.4. The molecule has 3 aliphatic carbocycles. The summed E-state index contributed by atoms with van der Waals surface area (Å²) in [5, 5.41) is 9.79. The van der Waals surface area contributed by atoms with E-state index < -0.39 is 0 Å². The number of hydrogen-bond acceptors (Lipinski definition) is 2. The van der Waals surface area contributed by atoms with Crippen LogP contribution < -0.4 is 0 Å². The number of phenols is 1. The predicted octanol–water partition coefficient (Wildman–Crippen LogP) is 4.35. The van der Waals surface area contributed by atoms with E-state index in [2.05, 4.69) is 6.07 Å². The Morgan fingerprint density at radius 1 is 1.05 bits per heavy atom. The van der Waals surface area contributed by atoms with Gasteiger partial charge in [-0.2, -0.15) is 0 Å². The zero-order valence-electron chi connectivity index (χ0n) is 12.6. The van der Waals surface area contributed by atoms with Crippen LogP contribution in [0.5, 0.6) is 5.75 Å². The molecule has 4 rings (SSSR count). The van der Waals surface area contributed by atoms with Crippen molar-refractivity contribution in [3.63, 3.8) is 0 Å². The molecule has 2 nitrogen and oxygen atoms in total. The molecule has 2 bridgehead atoms. The lowest BCUT2D eigenvalue weighted by molar-refractivity contribution is -0.140. The normalized spacial score (nSPS) is 35.3. The molecule has 1 aromatic carbocycles. The minimum atomic E-state index is 0.00975. The predicted molar refractivity (Wildman–Crippen MR) is 82.4 cm³/mol. The number of hydrogen-bond donors (Lipinski definition) is 1. The van der Waals surface area contributed by atoms with Gasteiger partial charge >= 0.3 is 0 Å². The van der Waals surface area contributed by atoms with Gasteiger partial charge in [-0.3, -0.25) is 4.79 Å². The van der Waals surface area contributed by atoms with Crippen LogP contribution in [0.15, 0.2) is 18.2 Å². The van der Waals surface area contributed by atoms with Crippen molar-refractivity contribution in [1.82, 2.24) is 0 Å². The van der Waals surface area contributed by atoms with Gasteiger partial charge in [-0.05, 0) is 86.5 Å². The van der Waals surface area contributed by atoms with Crippen molar-refractivity contribution in [1.29, 1.82) is 0 Å². The molecule has 2 saturated carbocycles. The Hall–Kier alpha value is -1.31. The molecule has 3 aliphatic rings. The van der Waals surface area contributed by atoms with Crippen LogP contribution >= 0.6 is 0 Å². The van der Waals surface area contributed by atoms with Gasteiger partial charge in [0, 0.05) is 11.8 Å². The van der Waals surface area contributed by atoms with Gasteiger partial charge in [0.2, 0.25) is 0 Å².